The summed E-state index contributed by atoms with van der Waals surface area (Å²) in [5.74, 6) is 2.03. The van der Waals surface area contributed by atoms with Crippen molar-refractivity contribution >= 4 is 50.0 Å². The molecule has 0 atom stereocenters. The van der Waals surface area contributed by atoms with Crippen molar-refractivity contribution in [3.63, 3.8) is 0 Å². The Balaban J connectivity index is 1.34. The minimum absolute atomic E-state index is 0.00842. The van der Waals surface area contributed by atoms with Crippen LogP contribution in [-0.2, 0) is 16.6 Å². The van der Waals surface area contributed by atoms with Crippen LogP contribution in [0.1, 0.15) is 47.2 Å². The molecule has 1 fully saturated rings. The van der Waals surface area contributed by atoms with Crippen molar-refractivity contribution in [2.24, 2.45) is 5.92 Å². The Labute approximate surface area is 267 Å². The predicted molar refractivity (Wildman–Crippen MR) is 177 cm³/mol. The maximum absolute atomic E-state index is 13.7. The Morgan fingerprint density at radius 2 is 1.87 bits per heavy atom. The number of nitro groups is 1. The second-order valence-electron chi connectivity index (χ2n) is 11.1. The molecule has 1 aliphatic carbocycles. The molecule has 1 saturated carbocycles. The monoisotopic (exact) mass is 648 g/mol. The second-order valence-corrected chi connectivity index (χ2v) is 14.0. The molecule has 1 heterocycles. The Morgan fingerprint density at radius 1 is 1.11 bits per heavy atom. The topological polar surface area (TPSA) is 132 Å². The van der Waals surface area contributed by atoms with Crippen LogP contribution in [0.3, 0.4) is 0 Å². The Bertz CT molecular complexity index is 1790. The van der Waals surface area contributed by atoms with E-state index in [2.05, 4.69) is 10.3 Å². The number of hydrogen-bond donors (Lipinski definition) is 1. The Morgan fingerprint density at radius 3 is 2.58 bits per heavy atom. The fourth-order valence-corrected chi connectivity index (χ4v) is 7.12. The summed E-state index contributed by atoms with van der Waals surface area (Å²) < 4.78 is 34.5. The van der Waals surface area contributed by atoms with Crippen LogP contribution >= 0.6 is 11.8 Å². The van der Waals surface area contributed by atoms with Gasteiger partial charge in [-0.2, -0.15) is 16.1 Å². The molecule has 3 aromatic carbocycles. The molecule has 1 aromatic heterocycles. The summed E-state index contributed by atoms with van der Waals surface area (Å²) in [6.45, 7) is 2.80. The van der Waals surface area contributed by atoms with Crippen molar-refractivity contribution in [2.45, 2.75) is 44.0 Å². The van der Waals surface area contributed by atoms with E-state index in [0.717, 1.165) is 28.9 Å². The van der Waals surface area contributed by atoms with E-state index in [9.17, 15) is 23.3 Å². The number of hydrogen-bond acceptors (Lipinski definition) is 8. The molecule has 10 nitrogen and oxygen atoms in total. The number of aryl methyl sites for hydroxylation is 1. The number of rotatable bonds is 15. The molecule has 0 bridgehead atoms. The lowest BCUT2D eigenvalue weighted by molar-refractivity contribution is -0.387. The van der Waals surface area contributed by atoms with E-state index in [-0.39, 0.29) is 23.9 Å². The zero-order valence-electron chi connectivity index (χ0n) is 25.3. The molecular weight excluding hydrogens is 613 g/mol. The number of nitrogens with zero attached hydrogens (tertiary/aromatic N) is 3. The van der Waals surface area contributed by atoms with Crippen LogP contribution in [0.4, 0.5) is 11.4 Å². The number of unbranched alkanes of at least 4 members (excludes halogenated alkanes) is 1. The van der Waals surface area contributed by atoms with Crippen LogP contribution < -0.4 is 10.1 Å². The summed E-state index contributed by atoms with van der Waals surface area (Å²) in [5.41, 5.74) is 2.78. The first-order valence-corrected chi connectivity index (χ1v) is 17.7. The van der Waals surface area contributed by atoms with Crippen molar-refractivity contribution in [2.75, 3.05) is 30.5 Å². The van der Waals surface area contributed by atoms with Crippen LogP contribution in [0.2, 0.25) is 0 Å². The highest BCUT2D eigenvalue weighted by molar-refractivity contribution is 7.98. The zero-order valence-corrected chi connectivity index (χ0v) is 26.9. The molecule has 1 amide bonds. The average Bonchev–Trinajstić information content (AvgIpc) is 3.88. The van der Waals surface area contributed by atoms with Gasteiger partial charge in [-0.25, -0.2) is 8.42 Å². The van der Waals surface area contributed by atoms with Crippen LogP contribution in [0, 0.1) is 23.0 Å². The van der Waals surface area contributed by atoms with E-state index in [1.54, 1.807) is 48.3 Å². The summed E-state index contributed by atoms with van der Waals surface area (Å²) in [4.78, 5) is 28.3. The lowest BCUT2D eigenvalue weighted by Gasteiger charge is -2.22. The number of ether oxygens (including phenoxy) is 1. The maximum Gasteiger partial charge on any atom is 0.289 e. The molecule has 12 heteroatoms. The SMILES string of the molecule is CSCCCCN(Cc1cnc2c(C)c(NC(=O)c3ccc(OCC4CC4)cc3)ccc2c1)S(=O)(=O)c1ccccc1[N+](=O)[O-]. The first kappa shape index (κ1) is 32.4. The highest BCUT2D eigenvalue weighted by Crippen LogP contribution is 2.31. The number of nitrogens with one attached hydrogen (secondary N) is 1. The normalized spacial score (nSPS) is 13.2. The largest absolute Gasteiger partial charge is 0.493 e. The zero-order chi connectivity index (χ0) is 32.0. The van der Waals surface area contributed by atoms with Gasteiger partial charge in [0.25, 0.3) is 11.6 Å². The van der Waals surface area contributed by atoms with Gasteiger partial charge in [-0.1, -0.05) is 18.2 Å². The molecular formula is C33H36N4O6S2. The van der Waals surface area contributed by atoms with Gasteiger partial charge in [0.05, 0.1) is 17.0 Å². The van der Waals surface area contributed by atoms with Crippen molar-refractivity contribution < 1.29 is 22.9 Å². The number of sulfonamides is 1. The quantitative estimate of drug-likeness (QED) is 0.0843. The highest BCUT2D eigenvalue weighted by atomic mass is 32.2. The van der Waals surface area contributed by atoms with Gasteiger partial charge in [0.15, 0.2) is 4.90 Å². The number of para-hydroxylation sites is 1. The van der Waals surface area contributed by atoms with Gasteiger partial charge in [0.1, 0.15) is 5.75 Å². The van der Waals surface area contributed by atoms with Crippen molar-refractivity contribution in [1.29, 1.82) is 0 Å². The van der Waals surface area contributed by atoms with Crippen molar-refractivity contribution in [3.05, 3.63) is 99.7 Å². The van der Waals surface area contributed by atoms with Crippen LogP contribution in [0.25, 0.3) is 10.9 Å². The molecule has 1 N–H and O–H groups in total. The molecule has 0 spiro atoms. The van der Waals surface area contributed by atoms with Crippen LogP contribution in [0.15, 0.2) is 77.8 Å². The van der Waals surface area contributed by atoms with Gasteiger partial charge in [-0.05, 0) is 104 Å². The van der Waals surface area contributed by atoms with Gasteiger partial charge in [0.2, 0.25) is 10.0 Å². The number of benzene rings is 3. The van der Waals surface area contributed by atoms with Crippen molar-refractivity contribution in [3.8, 4) is 5.75 Å². The fraction of sp³-hybridized carbons (Fsp3) is 0.333. The van der Waals surface area contributed by atoms with Gasteiger partial charge in [-0.3, -0.25) is 19.9 Å². The van der Waals surface area contributed by atoms with Gasteiger partial charge < -0.3 is 10.1 Å². The molecule has 0 aliphatic heterocycles. The van der Waals surface area contributed by atoms with Crippen LogP contribution in [0.5, 0.6) is 5.75 Å². The summed E-state index contributed by atoms with van der Waals surface area (Å²) >= 11 is 1.68. The Kier molecular flexibility index (Phi) is 10.4. The number of thioether (sulfide) groups is 1. The number of aromatic nitrogens is 1. The number of carbonyl (C=O) groups is 1. The van der Waals surface area contributed by atoms with E-state index in [0.29, 0.717) is 41.3 Å². The summed E-state index contributed by atoms with van der Waals surface area (Å²) in [6, 6.07) is 18.0. The molecule has 4 aromatic rings. The van der Waals surface area contributed by atoms with E-state index < -0.39 is 20.6 Å². The number of nitro benzene ring substituents is 1. The van der Waals surface area contributed by atoms with Crippen LogP contribution in [-0.4, -0.2) is 53.7 Å². The molecule has 1 aliphatic rings. The molecule has 0 saturated heterocycles. The summed E-state index contributed by atoms with van der Waals surface area (Å²) in [6.07, 6.45) is 7.45. The molecule has 0 radical (unpaired) electrons. The molecule has 236 valence electrons. The minimum atomic E-state index is -4.18. The third-order valence-electron chi connectivity index (χ3n) is 7.75. The van der Waals surface area contributed by atoms with Gasteiger partial charge in [0, 0.05) is 42.0 Å². The smallest absolute Gasteiger partial charge is 0.289 e. The number of fused-ring (bicyclic) bond motifs is 1. The van der Waals surface area contributed by atoms with E-state index in [4.69, 9.17) is 4.74 Å². The first-order chi connectivity index (χ1) is 21.7. The maximum atomic E-state index is 13.7. The standard InChI is InChI=1S/C33H36N4O6S2/c1-23-29(35-33(38)26-11-14-28(15-12-26)43-22-24-9-10-24)16-13-27-19-25(20-34-32(23)27)21-36(17-5-6-18-44-2)45(41,42)31-8-4-3-7-30(31)37(39)40/h3-4,7-8,11-16,19-20,24H,5-6,9-10,17-18,21-22H2,1-2H3,(H,35,38). The van der Waals surface area contributed by atoms with E-state index >= 15 is 0 Å². The summed E-state index contributed by atoms with van der Waals surface area (Å²) in [5, 5.41) is 15.4. The van der Waals surface area contributed by atoms with Gasteiger partial charge >= 0.3 is 0 Å². The van der Waals surface area contributed by atoms with Crippen molar-refractivity contribution in [1.82, 2.24) is 9.29 Å². The predicted octanol–water partition coefficient (Wildman–Crippen LogP) is 6.83. The lowest BCUT2D eigenvalue weighted by atomic mass is 10.1. The molecule has 0 unspecified atom stereocenters. The highest BCUT2D eigenvalue weighted by Gasteiger charge is 2.31. The van der Waals surface area contributed by atoms with E-state index in [1.165, 1.54) is 41.4 Å². The average molecular weight is 649 g/mol. The lowest BCUT2D eigenvalue weighted by Crippen LogP contribution is -2.32. The van der Waals surface area contributed by atoms with E-state index in [1.807, 2.05) is 25.3 Å². The second kappa shape index (κ2) is 14.4. The molecule has 45 heavy (non-hydrogen) atoms. The minimum Gasteiger partial charge on any atom is -0.493 e. The summed E-state index contributed by atoms with van der Waals surface area (Å²) in [7, 11) is -4.18. The number of anilines is 1. The first-order valence-electron chi connectivity index (χ1n) is 14.8. The third kappa shape index (κ3) is 7.99. The molecule has 5 rings (SSSR count). The number of carbonyl (C=O) groups excluding carboxylic acids is 1. The third-order valence-corrected chi connectivity index (χ3v) is 10.3. The number of pyridine rings is 1. The van der Waals surface area contributed by atoms with Gasteiger partial charge in [-0.15, -0.1) is 0 Å². The fourth-order valence-electron chi connectivity index (χ4n) is 5.00. The number of amides is 1. The Hall–Kier alpha value is -4.00.